The average Bonchev–Trinajstić information content (AvgIpc) is 3.88. The van der Waals surface area contributed by atoms with E-state index in [1.807, 2.05) is 41.2 Å². The number of ether oxygens (including phenoxy) is 2. The van der Waals surface area contributed by atoms with Crippen LogP contribution < -0.4 is 9.64 Å². The van der Waals surface area contributed by atoms with Crippen LogP contribution in [0.2, 0.25) is 0 Å². The minimum absolute atomic E-state index is 0.191. The van der Waals surface area contributed by atoms with Crippen molar-refractivity contribution in [3.8, 4) is 17.3 Å². The summed E-state index contributed by atoms with van der Waals surface area (Å²) in [4.78, 5) is 14.4. The molecule has 0 spiro atoms. The van der Waals surface area contributed by atoms with Crippen molar-refractivity contribution in [3.63, 3.8) is 0 Å². The molecule has 4 atom stereocenters. The number of aromatic nitrogens is 7. The van der Waals surface area contributed by atoms with E-state index < -0.39 is 17.3 Å². The third kappa shape index (κ3) is 4.93. The van der Waals surface area contributed by atoms with Gasteiger partial charge in [0, 0.05) is 50.6 Å². The fraction of sp³-hybridized carbons (Fsp3) is 0.514. The van der Waals surface area contributed by atoms with Crippen LogP contribution in [0.25, 0.3) is 55.0 Å². The summed E-state index contributed by atoms with van der Waals surface area (Å²) in [5.74, 6) is 0.330. The van der Waals surface area contributed by atoms with E-state index in [0.29, 0.717) is 55.3 Å². The summed E-state index contributed by atoms with van der Waals surface area (Å²) in [6.45, 7) is 7.92. The molecule has 4 aromatic heterocycles. The van der Waals surface area contributed by atoms with Crippen molar-refractivity contribution >= 4 is 49.6 Å². The molecule has 268 valence electrons. The minimum Gasteiger partial charge on any atom is -0.461 e. The van der Waals surface area contributed by atoms with Gasteiger partial charge < -0.3 is 24.0 Å². The zero-order valence-corrected chi connectivity index (χ0v) is 29.6. The molecule has 7 heterocycles. The van der Waals surface area contributed by atoms with Crippen molar-refractivity contribution in [2.45, 2.75) is 69.8 Å². The summed E-state index contributed by atoms with van der Waals surface area (Å²) in [5.41, 5.74) is 3.58. The SMILES string of the molecule is CCc1c(F)ccc2cc3[nH]ncc3c(-c3nn(C)c4c5c(N6CCOC[C@@](C)(O)C6)nc(OC[C@@]67CC[C@H](C)N6C[C@H](F)C7)nc5n(C)c34)c12. The van der Waals surface area contributed by atoms with Gasteiger partial charge in [0.25, 0.3) is 0 Å². The molecule has 0 bridgehead atoms. The molecule has 0 radical (unpaired) electrons. The Balaban J connectivity index is 1.28. The molecule has 3 aliphatic rings. The molecular weight excluding hydrogens is 656 g/mol. The Morgan fingerprint density at radius 2 is 2.02 bits per heavy atom. The van der Waals surface area contributed by atoms with Crippen LogP contribution in [0.4, 0.5) is 14.6 Å². The van der Waals surface area contributed by atoms with Gasteiger partial charge >= 0.3 is 6.01 Å². The molecule has 2 N–H and O–H groups in total. The van der Waals surface area contributed by atoms with Crippen LogP contribution in [0.15, 0.2) is 24.4 Å². The monoisotopic (exact) mass is 699 g/mol. The van der Waals surface area contributed by atoms with Crippen molar-refractivity contribution in [3.05, 3.63) is 35.8 Å². The summed E-state index contributed by atoms with van der Waals surface area (Å²) < 4.78 is 46.4. The van der Waals surface area contributed by atoms with E-state index in [4.69, 9.17) is 24.5 Å². The predicted octanol–water partition coefficient (Wildman–Crippen LogP) is 5.18. The maximum Gasteiger partial charge on any atom is 0.320 e. The van der Waals surface area contributed by atoms with Crippen molar-refractivity contribution in [2.75, 3.05) is 44.4 Å². The van der Waals surface area contributed by atoms with Crippen LogP contribution in [-0.4, -0.2) is 107 Å². The predicted molar refractivity (Wildman–Crippen MR) is 192 cm³/mol. The summed E-state index contributed by atoms with van der Waals surface area (Å²) in [6, 6.07) is 5.80. The van der Waals surface area contributed by atoms with Gasteiger partial charge in [-0.1, -0.05) is 13.0 Å². The highest BCUT2D eigenvalue weighted by Crippen LogP contribution is 2.46. The second kappa shape index (κ2) is 11.6. The molecule has 2 aromatic carbocycles. The standard InChI is InChI=1S/C37H43F2N9O3/c1-6-23-25(39)8-7-21-13-26-24(15-40-43-26)28(27(21)23)30-32-31(46(5)44-30)29-33(45(32)4)41-35(42-34(29)47-11-12-50-18-36(3,49)17-47)51-19-37-10-9-20(2)48(37)16-22(38)14-37/h7-8,13,15,20,22,49H,6,9-12,14,16-19H2,1-5H3,(H,40,43)/t20-,22+,36-,37-/m0/s1. The van der Waals surface area contributed by atoms with E-state index in [0.717, 1.165) is 56.5 Å². The van der Waals surface area contributed by atoms with Crippen LogP contribution in [-0.2, 0) is 25.3 Å². The highest BCUT2D eigenvalue weighted by Gasteiger charge is 2.52. The Hall–Kier alpha value is -4.40. The van der Waals surface area contributed by atoms with Gasteiger partial charge in [-0.05, 0) is 61.6 Å². The second-order valence-electron chi connectivity index (χ2n) is 15.1. The number of hydrogen-bond acceptors (Lipinski definition) is 9. The van der Waals surface area contributed by atoms with Crippen molar-refractivity contribution < 1.29 is 23.4 Å². The van der Waals surface area contributed by atoms with Gasteiger partial charge in [0.05, 0.1) is 53.4 Å². The molecule has 0 aliphatic carbocycles. The van der Waals surface area contributed by atoms with Crippen molar-refractivity contribution in [1.29, 1.82) is 0 Å². The number of alkyl halides is 1. The number of nitrogens with zero attached hydrogens (tertiary/aromatic N) is 8. The van der Waals surface area contributed by atoms with Crippen molar-refractivity contribution in [1.82, 2.24) is 39.4 Å². The third-order valence-electron chi connectivity index (χ3n) is 11.5. The summed E-state index contributed by atoms with van der Waals surface area (Å²) >= 11 is 0. The van der Waals surface area contributed by atoms with E-state index in [2.05, 4.69) is 22.0 Å². The zero-order valence-electron chi connectivity index (χ0n) is 29.6. The fourth-order valence-corrected chi connectivity index (χ4v) is 9.22. The van der Waals surface area contributed by atoms with E-state index in [9.17, 15) is 9.50 Å². The van der Waals surface area contributed by atoms with Crippen LogP contribution in [0.3, 0.4) is 0 Å². The Morgan fingerprint density at radius 3 is 2.84 bits per heavy atom. The third-order valence-corrected chi connectivity index (χ3v) is 11.5. The topological polar surface area (TPSA) is 122 Å². The van der Waals surface area contributed by atoms with E-state index in [-0.39, 0.29) is 37.6 Å². The fourth-order valence-electron chi connectivity index (χ4n) is 9.22. The maximum absolute atomic E-state index is 15.5. The van der Waals surface area contributed by atoms with Gasteiger partial charge in [-0.2, -0.15) is 20.2 Å². The molecule has 14 heteroatoms. The highest BCUT2D eigenvalue weighted by molar-refractivity contribution is 6.20. The Kier molecular flexibility index (Phi) is 7.36. The molecular formula is C37H43F2N9O3. The van der Waals surface area contributed by atoms with E-state index in [1.54, 1.807) is 19.2 Å². The lowest BCUT2D eigenvalue weighted by Gasteiger charge is -2.33. The number of anilines is 1. The summed E-state index contributed by atoms with van der Waals surface area (Å²) in [7, 11) is 3.84. The Bertz CT molecular complexity index is 2350. The summed E-state index contributed by atoms with van der Waals surface area (Å²) in [6.07, 6.45) is 3.65. The van der Waals surface area contributed by atoms with E-state index >= 15 is 4.39 Å². The largest absolute Gasteiger partial charge is 0.461 e. The Morgan fingerprint density at radius 1 is 1.18 bits per heavy atom. The quantitative estimate of drug-likeness (QED) is 0.242. The first kappa shape index (κ1) is 32.5. The Labute approximate surface area is 293 Å². The average molecular weight is 700 g/mol. The first-order chi connectivity index (χ1) is 24.5. The number of nitrogens with one attached hydrogen (secondary N) is 1. The van der Waals surface area contributed by atoms with Gasteiger partial charge in [0.15, 0.2) is 5.65 Å². The van der Waals surface area contributed by atoms with Crippen molar-refractivity contribution in [2.24, 2.45) is 14.1 Å². The number of benzene rings is 2. The molecule has 12 nitrogen and oxygen atoms in total. The number of halogens is 2. The highest BCUT2D eigenvalue weighted by atomic mass is 19.1. The van der Waals surface area contributed by atoms with Gasteiger partial charge in [-0.15, -0.1) is 0 Å². The number of H-pyrrole nitrogens is 1. The lowest BCUT2D eigenvalue weighted by Crippen LogP contribution is -2.46. The van der Waals surface area contributed by atoms with Crippen LogP contribution in [0.1, 0.15) is 45.6 Å². The molecule has 6 aromatic rings. The number of hydrogen-bond donors (Lipinski definition) is 2. The zero-order chi connectivity index (χ0) is 35.4. The number of aromatic amines is 1. The molecule has 0 saturated carbocycles. The van der Waals surface area contributed by atoms with Crippen LogP contribution in [0, 0.1) is 5.82 Å². The normalized spacial score (nSPS) is 25.9. The molecule has 0 unspecified atom stereocenters. The summed E-state index contributed by atoms with van der Waals surface area (Å²) in [5, 5.41) is 27.1. The lowest BCUT2D eigenvalue weighted by molar-refractivity contribution is -0.0123. The molecule has 51 heavy (non-hydrogen) atoms. The molecule has 3 saturated heterocycles. The van der Waals surface area contributed by atoms with Gasteiger partial charge in [-0.3, -0.25) is 14.7 Å². The molecule has 3 aliphatic heterocycles. The first-order valence-corrected chi connectivity index (χ1v) is 17.9. The molecule has 9 rings (SSSR count). The van der Waals surface area contributed by atoms with Crippen LogP contribution in [0.5, 0.6) is 6.01 Å². The number of aryl methyl sites for hydroxylation is 3. The smallest absolute Gasteiger partial charge is 0.320 e. The van der Waals surface area contributed by atoms with E-state index in [1.165, 1.54) is 6.07 Å². The van der Waals surface area contributed by atoms with Crippen LogP contribution >= 0.6 is 0 Å². The first-order valence-electron chi connectivity index (χ1n) is 17.9. The number of aliphatic hydroxyl groups is 1. The second-order valence-corrected chi connectivity index (χ2v) is 15.1. The lowest BCUT2D eigenvalue weighted by atomic mass is 9.92. The number of fused-ring (bicyclic) bond motifs is 6. The molecule has 0 amide bonds. The van der Waals surface area contributed by atoms with Gasteiger partial charge in [-0.25, -0.2) is 8.78 Å². The van der Waals surface area contributed by atoms with Gasteiger partial charge in [0.1, 0.15) is 35.7 Å². The minimum atomic E-state index is -1.13. The number of rotatable bonds is 6. The maximum atomic E-state index is 15.5. The number of β-amino-alcohol motifs (C(OH)–C–C–N with tert-alkyl or cyclic N) is 1. The molecule has 3 fully saturated rings. The van der Waals surface area contributed by atoms with Gasteiger partial charge in [0.2, 0.25) is 0 Å².